The average Bonchev–Trinajstić information content (AvgIpc) is 3.18. The number of hydrogen-bond acceptors (Lipinski definition) is 7. The molecular weight excluding hydrogens is 350 g/mol. The zero-order chi connectivity index (χ0) is 18.6. The van der Waals surface area contributed by atoms with Gasteiger partial charge in [0.25, 0.3) is 5.91 Å². The molecule has 25 heavy (non-hydrogen) atoms. The summed E-state index contributed by atoms with van der Waals surface area (Å²) >= 11 is 0. The van der Waals surface area contributed by atoms with Gasteiger partial charge in [-0.05, 0) is 26.7 Å². The molecule has 10 heteroatoms. The fourth-order valence-corrected chi connectivity index (χ4v) is 4.60. The van der Waals surface area contributed by atoms with E-state index in [0.29, 0.717) is 12.8 Å². The Morgan fingerprint density at radius 2 is 2.20 bits per heavy atom. The summed E-state index contributed by atoms with van der Waals surface area (Å²) in [5.41, 5.74) is 0.227. The lowest BCUT2D eigenvalue weighted by atomic mass is 10.2. The Hall–Kier alpha value is -2.38. The highest BCUT2D eigenvalue weighted by Gasteiger charge is 2.42. The molecule has 1 aromatic heterocycles. The second-order valence-electron chi connectivity index (χ2n) is 5.52. The minimum absolute atomic E-state index is 0.0202. The van der Waals surface area contributed by atoms with Crippen molar-refractivity contribution in [2.45, 2.75) is 37.6 Å². The Balaban J connectivity index is 2.11. The summed E-state index contributed by atoms with van der Waals surface area (Å²) in [6.07, 6.45) is 5.83. The zero-order valence-corrected chi connectivity index (χ0v) is 14.8. The molecule has 2 heterocycles. The number of carbonyl (C=O) groups is 2. The summed E-state index contributed by atoms with van der Waals surface area (Å²) in [6, 6.07) is -0.987. The molecule has 0 aromatic carbocycles. The number of esters is 1. The van der Waals surface area contributed by atoms with Gasteiger partial charge in [0.2, 0.25) is 10.0 Å². The Morgan fingerprint density at radius 1 is 1.48 bits per heavy atom. The van der Waals surface area contributed by atoms with Gasteiger partial charge >= 0.3 is 5.97 Å². The minimum Gasteiger partial charge on any atom is -0.454 e. The van der Waals surface area contributed by atoms with Crippen LogP contribution in [0, 0.1) is 26.2 Å². The van der Waals surface area contributed by atoms with Gasteiger partial charge in [-0.25, -0.2) is 8.42 Å². The van der Waals surface area contributed by atoms with E-state index in [1.165, 1.54) is 13.8 Å². The fourth-order valence-electron chi connectivity index (χ4n) is 2.66. The summed E-state index contributed by atoms with van der Waals surface area (Å²) in [4.78, 5) is 23.6. The van der Waals surface area contributed by atoms with E-state index < -0.39 is 34.5 Å². The third kappa shape index (κ3) is 4.00. The lowest BCUT2D eigenvalue weighted by molar-refractivity contribution is -0.151. The number of nitrogens with zero attached hydrogens (tertiary/aromatic N) is 2. The average molecular weight is 369 g/mol. The quantitative estimate of drug-likeness (QED) is 0.542. The van der Waals surface area contributed by atoms with Crippen LogP contribution in [0.4, 0.5) is 0 Å². The molecule has 1 aliphatic rings. The summed E-state index contributed by atoms with van der Waals surface area (Å²) < 4.78 is 36.6. The summed E-state index contributed by atoms with van der Waals surface area (Å²) in [5, 5.41) is 6.00. The number of carbonyl (C=O) groups excluding carboxylic acids is 2. The molecule has 1 aromatic rings. The molecule has 0 bridgehead atoms. The van der Waals surface area contributed by atoms with Gasteiger partial charge in [-0.1, -0.05) is 11.1 Å². The van der Waals surface area contributed by atoms with E-state index in [4.69, 9.17) is 15.7 Å². The maximum absolute atomic E-state index is 12.8. The van der Waals surface area contributed by atoms with Crippen molar-refractivity contribution >= 4 is 21.9 Å². The predicted molar refractivity (Wildman–Crippen MR) is 85.7 cm³/mol. The van der Waals surface area contributed by atoms with Crippen molar-refractivity contribution in [3.63, 3.8) is 0 Å². The van der Waals surface area contributed by atoms with Crippen LogP contribution < -0.4 is 5.32 Å². The van der Waals surface area contributed by atoms with Crippen molar-refractivity contribution in [1.29, 1.82) is 0 Å². The van der Waals surface area contributed by atoms with E-state index in [0.717, 1.165) is 4.31 Å². The van der Waals surface area contributed by atoms with Crippen LogP contribution in [0.25, 0.3) is 0 Å². The van der Waals surface area contributed by atoms with Crippen LogP contribution in [0.1, 0.15) is 24.3 Å². The molecular formula is C15H19N3O6S. The molecule has 0 unspecified atom stereocenters. The summed E-state index contributed by atoms with van der Waals surface area (Å²) in [6.45, 7) is 2.69. The number of hydrogen-bond donors (Lipinski definition) is 1. The molecule has 0 spiro atoms. The number of amides is 1. The van der Waals surface area contributed by atoms with Gasteiger partial charge in [0.15, 0.2) is 12.4 Å². The number of sulfonamides is 1. The van der Waals surface area contributed by atoms with Crippen molar-refractivity contribution in [3.8, 4) is 12.3 Å². The highest BCUT2D eigenvalue weighted by atomic mass is 32.2. The summed E-state index contributed by atoms with van der Waals surface area (Å²) in [7, 11) is -3.95. The molecule has 0 saturated carbocycles. The molecule has 136 valence electrons. The first-order valence-corrected chi connectivity index (χ1v) is 9.04. The number of nitrogens with one attached hydrogen (secondary N) is 1. The number of terminal acetylenes is 1. The first-order chi connectivity index (χ1) is 11.8. The van der Waals surface area contributed by atoms with E-state index in [2.05, 4.69) is 16.4 Å². The molecule has 1 N–H and O–H groups in total. The van der Waals surface area contributed by atoms with Gasteiger partial charge in [-0.15, -0.1) is 6.42 Å². The van der Waals surface area contributed by atoms with E-state index in [9.17, 15) is 18.0 Å². The first-order valence-electron chi connectivity index (χ1n) is 7.60. The van der Waals surface area contributed by atoms with Gasteiger partial charge < -0.3 is 14.6 Å². The Bertz CT molecular complexity index is 788. The molecule has 1 atom stereocenters. The summed E-state index contributed by atoms with van der Waals surface area (Å²) in [5.74, 6) is 1.05. The standard InChI is InChI=1S/C15H19N3O6S/c1-4-7-16-13(19)9-23-15(20)12-6-5-8-18(12)25(21,22)14-10(2)17-24-11(14)3/h1,12H,5-9H2,2-3H3,(H,16,19)/t12-/m0/s1. The van der Waals surface area contributed by atoms with Crippen LogP contribution in [0.2, 0.25) is 0 Å². The van der Waals surface area contributed by atoms with Crippen molar-refractivity contribution in [2.75, 3.05) is 19.7 Å². The van der Waals surface area contributed by atoms with Crippen LogP contribution in [0.15, 0.2) is 9.42 Å². The van der Waals surface area contributed by atoms with Gasteiger partial charge in [-0.2, -0.15) is 4.31 Å². The lowest BCUT2D eigenvalue weighted by Gasteiger charge is -2.22. The van der Waals surface area contributed by atoms with E-state index in [1.54, 1.807) is 0 Å². The normalized spacial score (nSPS) is 17.9. The zero-order valence-electron chi connectivity index (χ0n) is 13.9. The maximum Gasteiger partial charge on any atom is 0.324 e. The SMILES string of the molecule is C#CCNC(=O)COC(=O)[C@@H]1CCCN1S(=O)(=O)c1c(C)noc1C. The third-order valence-corrected chi connectivity index (χ3v) is 5.90. The molecule has 1 saturated heterocycles. The van der Waals surface area contributed by atoms with Gasteiger partial charge in [0.05, 0.1) is 6.54 Å². The second-order valence-corrected chi connectivity index (χ2v) is 7.34. The molecule has 1 aliphatic heterocycles. The van der Waals surface area contributed by atoms with Crippen molar-refractivity contribution in [2.24, 2.45) is 0 Å². The molecule has 1 amide bonds. The number of aryl methyl sites for hydroxylation is 2. The van der Waals surface area contributed by atoms with E-state index in [1.807, 2.05) is 0 Å². The molecule has 1 fully saturated rings. The largest absolute Gasteiger partial charge is 0.454 e. The maximum atomic E-state index is 12.8. The molecule has 0 aliphatic carbocycles. The van der Waals surface area contributed by atoms with Gasteiger partial charge in [0, 0.05) is 6.54 Å². The predicted octanol–water partition coefficient (Wildman–Crippen LogP) is -0.263. The van der Waals surface area contributed by atoms with Crippen LogP contribution >= 0.6 is 0 Å². The van der Waals surface area contributed by atoms with Crippen molar-refractivity contribution < 1.29 is 27.3 Å². The van der Waals surface area contributed by atoms with Gasteiger partial charge in [0.1, 0.15) is 16.6 Å². The Labute approximate surface area is 145 Å². The third-order valence-electron chi connectivity index (χ3n) is 3.74. The minimum atomic E-state index is -3.95. The first kappa shape index (κ1) is 19.0. The molecule has 2 rings (SSSR count). The number of rotatable bonds is 6. The second kappa shape index (κ2) is 7.67. The monoisotopic (exact) mass is 369 g/mol. The van der Waals surface area contributed by atoms with E-state index in [-0.39, 0.29) is 29.4 Å². The lowest BCUT2D eigenvalue weighted by Crippen LogP contribution is -2.42. The van der Waals surface area contributed by atoms with Crippen LogP contribution in [0.3, 0.4) is 0 Å². The fraction of sp³-hybridized carbons (Fsp3) is 0.533. The van der Waals surface area contributed by atoms with Crippen molar-refractivity contribution in [1.82, 2.24) is 14.8 Å². The molecule has 9 nitrogen and oxygen atoms in total. The van der Waals surface area contributed by atoms with Crippen LogP contribution in [-0.2, 0) is 24.3 Å². The highest BCUT2D eigenvalue weighted by molar-refractivity contribution is 7.89. The van der Waals surface area contributed by atoms with Crippen molar-refractivity contribution in [3.05, 3.63) is 11.5 Å². The molecule has 0 radical (unpaired) electrons. The highest BCUT2D eigenvalue weighted by Crippen LogP contribution is 2.30. The smallest absolute Gasteiger partial charge is 0.324 e. The van der Waals surface area contributed by atoms with Crippen LogP contribution in [0.5, 0.6) is 0 Å². The Kier molecular flexibility index (Phi) is 5.81. The Morgan fingerprint density at radius 3 is 2.80 bits per heavy atom. The van der Waals surface area contributed by atoms with Crippen LogP contribution in [-0.4, -0.2) is 55.5 Å². The number of aromatic nitrogens is 1. The topological polar surface area (TPSA) is 119 Å². The number of ether oxygens (including phenoxy) is 1. The van der Waals surface area contributed by atoms with E-state index >= 15 is 0 Å². The van der Waals surface area contributed by atoms with Gasteiger partial charge in [-0.3, -0.25) is 9.59 Å².